The molecule has 0 fully saturated rings. The molecule has 1 unspecified atom stereocenters. The molecule has 3 heterocycles. The van der Waals surface area contributed by atoms with Crippen molar-refractivity contribution in [3.05, 3.63) is 75.8 Å². The van der Waals surface area contributed by atoms with Crippen molar-refractivity contribution in [1.29, 1.82) is 0 Å². The van der Waals surface area contributed by atoms with Crippen LogP contribution in [0.15, 0.2) is 59.0 Å². The molecule has 0 saturated heterocycles. The lowest BCUT2D eigenvalue weighted by atomic mass is 10.1. The lowest BCUT2D eigenvalue weighted by molar-refractivity contribution is -0.137. The number of hydrogen-bond acceptors (Lipinski definition) is 5. The summed E-state index contributed by atoms with van der Waals surface area (Å²) < 4.78 is 5.54. The highest BCUT2D eigenvalue weighted by atomic mass is 32.1. The molecule has 5 rings (SSSR count). The van der Waals surface area contributed by atoms with Crippen LogP contribution in [0.25, 0.3) is 21.9 Å². The minimum absolute atomic E-state index is 0.0979. The molecule has 0 aliphatic rings. The number of rotatable bonds is 9. The zero-order valence-corrected chi connectivity index (χ0v) is 21.4. The van der Waals surface area contributed by atoms with Crippen LogP contribution >= 0.6 is 11.3 Å². The molecule has 36 heavy (non-hydrogen) atoms. The predicted octanol–water partition coefficient (Wildman–Crippen LogP) is 5.67. The number of thiazole rings is 1. The van der Waals surface area contributed by atoms with Crippen LogP contribution in [0.4, 0.5) is 10.8 Å². The van der Waals surface area contributed by atoms with E-state index in [1.807, 2.05) is 43.6 Å². The molecule has 0 aliphatic carbocycles. The number of carbonyl (C=O) groups is 1. The largest absolute Gasteiger partial charge is 0.481 e. The van der Waals surface area contributed by atoms with Crippen LogP contribution < -0.4 is 11.0 Å². The van der Waals surface area contributed by atoms with Gasteiger partial charge >= 0.3 is 11.7 Å². The van der Waals surface area contributed by atoms with Gasteiger partial charge in [0, 0.05) is 47.5 Å². The summed E-state index contributed by atoms with van der Waals surface area (Å²) in [5.74, 6) is -0.909. The van der Waals surface area contributed by atoms with E-state index in [2.05, 4.69) is 40.1 Å². The molecule has 0 bridgehead atoms. The summed E-state index contributed by atoms with van der Waals surface area (Å²) in [7, 11) is 2.01. The first-order valence-corrected chi connectivity index (χ1v) is 12.9. The smallest absolute Gasteiger partial charge is 0.329 e. The first-order chi connectivity index (χ1) is 17.4. The number of benzene rings is 2. The van der Waals surface area contributed by atoms with Crippen molar-refractivity contribution in [2.75, 3.05) is 5.32 Å². The molecule has 0 radical (unpaired) electrons. The number of anilines is 2. The van der Waals surface area contributed by atoms with Gasteiger partial charge in [-0.05, 0) is 48.7 Å². The van der Waals surface area contributed by atoms with E-state index < -0.39 is 12.0 Å². The van der Waals surface area contributed by atoms with Crippen molar-refractivity contribution in [1.82, 2.24) is 18.7 Å². The lowest BCUT2D eigenvalue weighted by Crippen LogP contribution is -2.29. The molecule has 9 heteroatoms. The van der Waals surface area contributed by atoms with Crippen molar-refractivity contribution >= 4 is 50.1 Å². The Morgan fingerprint density at radius 3 is 2.75 bits per heavy atom. The maximum absolute atomic E-state index is 13.9. The fraction of sp³-hybridized carbons (Fsp3) is 0.296. The molecule has 1 atom stereocenters. The van der Waals surface area contributed by atoms with Crippen LogP contribution in [0.3, 0.4) is 0 Å². The number of aromatic nitrogens is 4. The maximum Gasteiger partial charge on any atom is 0.329 e. The molecule has 0 spiro atoms. The molecule has 3 aromatic heterocycles. The lowest BCUT2D eigenvalue weighted by Gasteiger charge is -2.16. The van der Waals surface area contributed by atoms with Crippen LogP contribution in [0.1, 0.15) is 43.4 Å². The van der Waals surface area contributed by atoms with Gasteiger partial charge in [0.25, 0.3) is 0 Å². The second kappa shape index (κ2) is 9.66. The Kier molecular flexibility index (Phi) is 6.40. The van der Waals surface area contributed by atoms with Crippen LogP contribution in [0.5, 0.6) is 0 Å². The molecule has 2 N–H and O–H groups in total. The van der Waals surface area contributed by atoms with E-state index in [0.717, 1.165) is 50.3 Å². The van der Waals surface area contributed by atoms with Gasteiger partial charge in [-0.2, -0.15) is 0 Å². The van der Waals surface area contributed by atoms with Crippen molar-refractivity contribution in [3.63, 3.8) is 0 Å². The SMILES string of the molecule is CCCC(CC(=O)O)n1c(=O)n(Cc2cn(C)c3cccc(C)c23)c2cc(Nc3nccs3)ccc21. The van der Waals surface area contributed by atoms with E-state index in [9.17, 15) is 14.7 Å². The van der Waals surface area contributed by atoms with Gasteiger partial charge in [-0.1, -0.05) is 25.5 Å². The monoisotopic (exact) mass is 503 g/mol. The third kappa shape index (κ3) is 4.30. The summed E-state index contributed by atoms with van der Waals surface area (Å²) in [5.41, 5.74) is 5.45. The highest BCUT2D eigenvalue weighted by Gasteiger charge is 2.23. The van der Waals surface area contributed by atoms with Crippen molar-refractivity contribution in [2.45, 2.75) is 45.7 Å². The second-order valence-electron chi connectivity index (χ2n) is 9.18. The highest BCUT2D eigenvalue weighted by Crippen LogP contribution is 2.30. The van der Waals surface area contributed by atoms with Gasteiger partial charge in [-0.3, -0.25) is 13.9 Å². The van der Waals surface area contributed by atoms with Gasteiger partial charge in [0.15, 0.2) is 5.13 Å². The number of nitrogens with one attached hydrogen (secondary N) is 1. The first kappa shape index (κ1) is 23.9. The number of hydrogen-bond donors (Lipinski definition) is 2. The molecular formula is C27H29N5O3S. The molecule has 0 saturated carbocycles. The number of fused-ring (bicyclic) bond motifs is 2. The van der Waals surface area contributed by atoms with E-state index in [1.165, 1.54) is 11.3 Å². The fourth-order valence-electron chi connectivity index (χ4n) is 5.15. The number of nitrogens with zero attached hydrogens (tertiary/aromatic N) is 4. The van der Waals surface area contributed by atoms with E-state index in [0.29, 0.717) is 13.0 Å². The minimum Gasteiger partial charge on any atom is -0.481 e. The van der Waals surface area contributed by atoms with E-state index in [4.69, 9.17) is 0 Å². The molecule has 0 aliphatic heterocycles. The standard InChI is InChI=1S/C27H29N5O3S/c1-4-6-20(14-24(33)34)32-21-10-9-19(29-26-28-11-12-36-26)13-23(21)31(27(32)35)16-18-15-30(3)22-8-5-7-17(2)25(18)22/h5,7-13,15,20H,4,6,14,16H2,1-3H3,(H,28,29)(H,33,34). The van der Waals surface area contributed by atoms with Crippen LogP contribution in [0, 0.1) is 6.92 Å². The minimum atomic E-state index is -0.909. The molecule has 0 amide bonds. The molecular weight excluding hydrogens is 474 g/mol. The van der Waals surface area contributed by atoms with Crippen molar-refractivity contribution in [2.24, 2.45) is 7.05 Å². The predicted molar refractivity (Wildman–Crippen MR) is 145 cm³/mol. The normalized spacial score (nSPS) is 12.4. The van der Waals surface area contributed by atoms with Gasteiger partial charge in [0.2, 0.25) is 0 Å². The van der Waals surface area contributed by atoms with Gasteiger partial charge in [-0.15, -0.1) is 11.3 Å². The Hall–Kier alpha value is -3.85. The third-order valence-corrected chi connectivity index (χ3v) is 7.36. The Labute approximate surface area is 212 Å². The van der Waals surface area contributed by atoms with E-state index in [-0.39, 0.29) is 12.1 Å². The number of imidazole rings is 1. The summed E-state index contributed by atoms with van der Waals surface area (Å²) in [6.07, 6.45) is 5.11. The van der Waals surface area contributed by atoms with Crippen molar-refractivity contribution < 1.29 is 9.90 Å². The molecule has 8 nitrogen and oxygen atoms in total. The molecule has 2 aromatic carbocycles. The van der Waals surface area contributed by atoms with Crippen LogP contribution in [-0.2, 0) is 18.4 Å². The fourth-order valence-corrected chi connectivity index (χ4v) is 5.70. The van der Waals surface area contributed by atoms with E-state index in [1.54, 1.807) is 15.3 Å². The first-order valence-electron chi connectivity index (χ1n) is 12.0. The quantitative estimate of drug-likeness (QED) is 0.270. The van der Waals surface area contributed by atoms with Gasteiger partial charge in [-0.25, -0.2) is 9.78 Å². The summed E-state index contributed by atoms with van der Waals surface area (Å²) in [6, 6.07) is 11.6. The zero-order valence-electron chi connectivity index (χ0n) is 20.6. The number of aliphatic carboxylic acids is 1. The summed E-state index contributed by atoms with van der Waals surface area (Å²) in [4.78, 5) is 29.9. The number of carboxylic acids is 1. The summed E-state index contributed by atoms with van der Waals surface area (Å²) in [5, 5.41) is 16.7. The Balaban J connectivity index is 1.70. The molecule has 186 valence electrons. The Morgan fingerprint density at radius 1 is 1.19 bits per heavy atom. The van der Waals surface area contributed by atoms with Crippen molar-refractivity contribution in [3.8, 4) is 0 Å². The van der Waals surface area contributed by atoms with Crippen LogP contribution in [0.2, 0.25) is 0 Å². The maximum atomic E-state index is 13.9. The third-order valence-electron chi connectivity index (χ3n) is 6.67. The highest BCUT2D eigenvalue weighted by molar-refractivity contribution is 7.13. The van der Waals surface area contributed by atoms with Gasteiger partial charge < -0.3 is 15.0 Å². The number of aryl methyl sites for hydroxylation is 2. The van der Waals surface area contributed by atoms with Gasteiger partial charge in [0.1, 0.15) is 0 Å². The Morgan fingerprint density at radius 2 is 2.03 bits per heavy atom. The average molecular weight is 504 g/mol. The summed E-state index contributed by atoms with van der Waals surface area (Å²) >= 11 is 1.50. The number of carboxylic acid groups (broad SMARTS) is 1. The summed E-state index contributed by atoms with van der Waals surface area (Å²) in [6.45, 7) is 4.48. The second-order valence-corrected chi connectivity index (χ2v) is 10.1. The zero-order chi connectivity index (χ0) is 25.4. The van der Waals surface area contributed by atoms with Crippen LogP contribution in [-0.4, -0.2) is 29.8 Å². The molecule has 5 aromatic rings. The van der Waals surface area contributed by atoms with Gasteiger partial charge in [0.05, 0.1) is 24.0 Å². The topological polar surface area (TPSA) is 94.1 Å². The average Bonchev–Trinajstić information content (AvgIpc) is 3.52. The Bertz CT molecular complexity index is 1610. The van der Waals surface area contributed by atoms with E-state index >= 15 is 0 Å².